The van der Waals surface area contributed by atoms with E-state index in [4.69, 9.17) is 4.52 Å². The highest BCUT2D eigenvalue weighted by atomic mass is 32.2. The Kier molecular flexibility index (Phi) is 3.12. The van der Waals surface area contributed by atoms with Crippen molar-refractivity contribution in [3.8, 4) is 0 Å². The molecule has 0 aliphatic heterocycles. The van der Waals surface area contributed by atoms with E-state index in [1.54, 1.807) is 20.8 Å². The van der Waals surface area contributed by atoms with Gasteiger partial charge in [-0.3, -0.25) is 4.72 Å². The Labute approximate surface area is 82.9 Å². The fraction of sp³-hybridized carbons (Fsp3) is 0.571. The van der Waals surface area contributed by atoms with Crippen molar-refractivity contribution < 1.29 is 12.9 Å². The van der Waals surface area contributed by atoms with Gasteiger partial charge in [-0.25, -0.2) is 0 Å². The number of rotatable bonds is 4. The van der Waals surface area contributed by atoms with Crippen LogP contribution in [-0.4, -0.2) is 19.6 Å². The van der Waals surface area contributed by atoms with Gasteiger partial charge in [0.1, 0.15) is 5.76 Å². The third kappa shape index (κ3) is 3.35. The van der Waals surface area contributed by atoms with Crippen LogP contribution in [0.1, 0.15) is 19.6 Å². The lowest BCUT2D eigenvalue weighted by molar-refractivity contribution is 0.400. The lowest BCUT2D eigenvalue weighted by Crippen LogP contribution is -2.35. The Morgan fingerprint density at radius 2 is 2.14 bits per heavy atom. The number of nitrogens with zero attached hydrogens (tertiary/aromatic N) is 1. The number of anilines is 1. The first-order valence-corrected chi connectivity index (χ1v) is 5.61. The van der Waals surface area contributed by atoms with Crippen molar-refractivity contribution in [1.29, 1.82) is 0 Å². The molecule has 0 radical (unpaired) electrons. The smallest absolute Gasteiger partial charge is 0.300 e. The Morgan fingerprint density at radius 1 is 1.50 bits per heavy atom. The molecule has 1 heterocycles. The summed E-state index contributed by atoms with van der Waals surface area (Å²) in [6, 6.07) is 1.33. The highest BCUT2D eigenvalue weighted by molar-refractivity contribution is 7.90. The maximum absolute atomic E-state index is 11.3. The fourth-order valence-corrected chi connectivity index (χ4v) is 1.94. The fourth-order valence-electron chi connectivity index (χ4n) is 0.892. The molecule has 2 N–H and O–H groups in total. The lowest BCUT2D eigenvalue weighted by Gasteiger charge is -2.08. The van der Waals surface area contributed by atoms with Gasteiger partial charge in [0.2, 0.25) is 0 Å². The zero-order chi connectivity index (χ0) is 10.8. The second kappa shape index (κ2) is 3.97. The van der Waals surface area contributed by atoms with Crippen molar-refractivity contribution in [1.82, 2.24) is 9.88 Å². The van der Waals surface area contributed by atoms with Gasteiger partial charge in [0.25, 0.3) is 0 Å². The molecule has 0 aromatic carbocycles. The molecule has 6 nitrogen and oxygen atoms in total. The van der Waals surface area contributed by atoms with Crippen LogP contribution in [0.4, 0.5) is 5.82 Å². The normalized spacial score (nSPS) is 12.0. The Hall–Kier alpha value is -1.08. The average molecular weight is 219 g/mol. The van der Waals surface area contributed by atoms with Crippen molar-refractivity contribution >= 4 is 16.0 Å². The van der Waals surface area contributed by atoms with Gasteiger partial charge in [0.05, 0.1) is 0 Å². The highest BCUT2D eigenvalue weighted by Crippen LogP contribution is 2.08. The van der Waals surface area contributed by atoms with E-state index in [-0.39, 0.29) is 11.9 Å². The van der Waals surface area contributed by atoms with Gasteiger partial charge in [-0.05, 0) is 20.8 Å². The van der Waals surface area contributed by atoms with Gasteiger partial charge in [-0.15, -0.1) is 0 Å². The van der Waals surface area contributed by atoms with E-state index in [1.807, 2.05) is 0 Å². The molecule has 1 aromatic rings. The molecule has 0 aliphatic rings. The molecule has 14 heavy (non-hydrogen) atoms. The molecule has 7 heteroatoms. The summed E-state index contributed by atoms with van der Waals surface area (Å²) in [6.07, 6.45) is 0. The number of hydrogen-bond donors (Lipinski definition) is 2. The van der Waals surface area contributed by atoms with Crippen LogP contribution in [0.5, 0.6) is 0 Å². The molecular formula is C7H13N3O3S. The van der Waals surface area contributed by atoms with Crippen LogP contribution >= 0.6 is 0 Å². The van der Waals surface area contributed by atoms with Crippen molar-refractivity contribution in [3.63, 3.8) is 0 Å². The summed E-state index contributed by atoms with van der Waals surface area (Å²) in [6.45, 7) is 5.14. The van der Waals surface area contributed by atoms with Crippen LogP contribution in [0, 0.1) is 6.92 Å². The lowest BCUT2D eigenvalue weighted by atomic mass is 10.4. The van der Waals surface area contributed by atoms with Crippen molar-refractivity contribution in [2.24, 2.45) is 0 Å². The van der Waals surface area contributed by atoms with Gasteiger partial charge in [-0.2, -0.15) is 13.1 Å². The summed E-state index contributed by atoms with van der Waals surface area (Å²) in [5.41, 5.74) is 0. The summed E-state index contributed by atoms with van der Waals surface area (Å²) in [4.78, 5) is 0. The minimum absolute atomic E-state index is 0.166. The average Bonchev–Trinajstić information content (AvgIpc) is 2.30. The summed E-state index contributed by atoms with van der Waals surface area (Å²) in [5.74, 6) is 0.725. The third-order valence-corrected chi connectivity index (χ3v) is 2.52. The summed E-state index contributed by atoms with van der Waals surface area (Å²) in [7, 11) is -3.54. The molecule has 0 saturated carbocycles. The van der Waals surface area contributed by atoms with Crippen LogP contribution in [0.25, 0.3) is 0 Å². The minimum atomic E-state index is -3.54. The van der Waals surface area contributed by atoms with Gasteiger partial charge in [0, 0.05) is 12.1 Å². The van der Waals surface area contributed by atoms with E-state index in [0.29, 0.717) is 5.76 Å². The summed E-state index contributed by atoms with van der Waals surface area (Å²) >= 11 is 0. The maximum atomic E-state index is 11.3. The van der Waals surface area contributed by atoms with E-state index in [1.165, 1.54) is 6.07 Å². The largest absolute Gasteiger partial charge is 0.360 e. The number of aryl methyl sites for hydroxylation is 1. The molecule has 0 saturated heterocycles. The maximum Gasteiger partial charge on any atom is 0.300 e. The molecule has 0 amide bonds. The summed E-state index contributed by atoms with van der Waals surface area (Å²) < 4.78 is 31.9. The predicted octanol–water partition coefficient (Wildman–Crippen LogP) is 0.638. The first-order chi connectivity index (χ1) is 6.39. The Balaban J connectivity index is 2.69. The SMILES string of the molecule is Cc1cc(NS(=O)(=O)NC(C)C)no1. The van der Waals surface area contributed by atoms with E-state index < -0.39 is 10.2 Å². The van der Waals surface area contributed by atoms with Crippen molar-refractivity contribution in [2.45, 2.75) is 26.8 Å². The topological polar surface area (TPSA) is 84.2 Å². The molecule has 0 spiro atoms. The molecule has 0 aliphatic carbocycles. The zero-order valence-electron chi connectivity index (χ0n) is 8.23. The molecule has 0 bridgehead atoms. The molecule has 1 aromatic heterocycles. The van der Waals surface area contributed by atoms with E-state index in [2.05, 4.69) is 14.6 Å². The minimum Gasteiger partial charge on any atom is -0.360 e. The number of aromatic nitrogens is 1. The second-order valence-corrected chi connectivity index (χ2v) is 4.65. The predicted molar refractivity (Wildman–Crippen MR) is 52.1 cm³/mol. The molecule has 0 fully saturated rings. The molecule has 0 unspecified atom stereocenters. The van der Waals surface area contributed by atoms with Gasteiger partial charge >= 0.3 is 10.2 Å². The Morgan fingerprint density at radius 3 is 2.57 bits per heavy atom. The zero-order valence-corrected chi connectivity index (χ0v) is 9.05. The van der Waals surface area contributed by atoms with E-state index in [0.717, 1.165) is 0 Å². The van der Waals surface area contributed by atoms with E-state index in [9.17, 15) is 8.42 Å². The van der Waals surface area contributed by atoms with Crippen LogP contribution in [0.3, 0.4) is 0 Å². The van der Waals surface area contributed by atoms with Crippen LogP contribution in [-0.2, 0) is 10.2 Å². The van der Waals surface area contributed by atoms with Crippen molar-refractivity contribution in [3.05, 3.63) is 11.8 Å². The highest BCUT2D eigenvalue weighted by Gasteiger charge is 2.13. The molecule has 80 valence electrons. The van der Waals surface area contributed by atoms with Crippen LogP contribution < -0.4 is 9.44 Å². The van der Waals surface area contributed by atoms with Crippen molar-refractivity contribution in [2.75, 3.05) is 4.72 Å². The van der Waals surface area contributed by atoms with E-state index >= 15 is 0 Å². The molecular weight excluding hydrogens is 206 g/mol. The molecule has 0 atom stereocenters. The standard InChI is InChI=1S/C7H13N3O3S/c1-5(2)9-14(11,12)10-7-4-6(3)13-8-7/h4-5,9H,1-3H3,(H,8,10). The quantitative estimate of drug-likeness (QED) is 0.778. The molecule has 1 rings (SSSR count). The van der Waals surface area contributed by atoms with Crippen LogP contribution in [0.15, 0.2) is 10.6 Å². The summed E-state index contributed by atoms with van der Waals surface area (Å²) in [5, 5.41) is 3.50. The van der Waals surface area contributed by atoms with Gasteiger partial charge in [0.15, 0.2) is 5.82 Å². The second-order valence-electron chi connectivity index (χ2n) is 3.20. The van der Waals surface area contributed by atoms with Gasteiger partial charge < -0.3 is 4.52 Å². The van der Waals surface area contributed by atoms with Gasteiger partial charge in [-0.1, -0.05) is 5.16 Å². The first-order valence-electron chi connectivity index (χ1n) is 4.12. The monoisotopic (exact) mass is 219 g/mol. The van der Waals surface area contributed by atoms with Crippen LogP contribution in [0.2, 0.25) is 0 Å². The number of nitrogens with one attached hydrogen (secondary N) is 2. The Bertz CT molecular complexity index is 396. The third-order valence-electron chi connectivity index (χ3n) is 1.26. The number of hydrogen-bond acceptors (Lipinski definition) is 4. The first kappa shape index (κ1) is 11.0.